The number of amides is 2. The van der Waals surface area contributed by atoms with Gasteiger partial charge in [-0.15, -0.1) is 0 Å². The van der Waals surface area contributed by atoms with Gasteiger partial charge >= 0.3 is 0 Å². The topological polar surface area (TPSA) is 58.2 Å². The zero-order chi connectivity index (χ0) is 15.2. The van der Waals surface area contributed by atoms with Crippen molar-refractivity contribution >= 4 is 11.8 Å². The quantitative estimate of drug-likeness (QED) is 0.866. The van der Waals surface area contributed by atoms with Crippen molar-refractivity contribution in [2.75, 3.05) is 13.1 Å². The van der Waals surface area contributed by atoms with E-state index in [1.54, 1.807) is 12.1 Å². The van der Waals surface area contributed by atoms with Gasteiger partial charge < -0.3 is 10.6 Å². The van der Waals surface area contributed by atoms with Gasteiger partial charge in [-0.25, -0.2) is 0 Å². The third-order valence-corrected chi connectivity index (χ3v) is 2.99. The van der Waals surface area contributed by atoms with Crippen LogP contribution in [0.5, 0.6) is 0 Å². The number of hydrogen-bond acceptors (Lipinski definition) is 2. The van der Waals surface area contributed by atoms with E-state index in [4.69, 9.17) is 0 Å². The van der Waals surface area contributed by atoms with Gasteiger partial charge in [-0.3, -0.25) is 9.59 Å². The van der Waals surface area contributed by atoms with Crippen LogP contribution in [0.3, 0.4) is 0 Å². The molecule has 0 unspecified atom stereocenters. The molecule has 20 heavy (non-hydrogen) atoms. The highest BCUT2D eigenvalue weighted by Gasteiger charge is 2.14. The first-order chi connectivity index (χ1) is 9.34. The van der Waals surface area contributed by atoms with E-state index in [-0.39, 0.29) is 23.8 Å². The molecule has 2 N–H and O–H groups in total. The van der Waals surface area contributed by atoms with Gasteiger partial charge in [0.25, 0.3) is 5.91 Å². The average Bonchev–Trinajstić information content (AvgIpc) is 2.41. The molecule has 0 radical (unpaired) electrons. The fourth-order valence-electron chi connectivity index (χ4n) is 1.71. The summed E-state index contributed by atoms with van der Waals surface area (Å²) in [5.41, 5.74) is 1.81. The zero-order valence-corrected chi connectivity index (χ0v) is 12.7. The molecule has 0 atom stereocenters. The average molecular weight is 276 g/mol. The van der Waals surface area contributed by atoms with Crippen molar-refractivity contribution in [2.24, 2.45) is 0 Å². The Morgan fingerprint density at radius 3 is 2.15 bits per heavy atom. The summed E-state index contributed by atoms with van der Waals surface area (Å²) in [6.45, 7) is 9.00. The summed E-state index contributed by atoms with van der Waals surface area (Å²) < 4.78 is 0. The normalized spacial score (nSPS) is 11.0. The maximum atomic E-state index is 11.9. The SMILES string of the molecule is CCCNC(=O)CNC(=O)c1ccc(C(C)(C)C)cc1. The molecule has 0 spiro atoms. The summed E-state index contributed by atoms with van der Waals surface area (Å²) in [6, 6.07) is 7.48. The minimum absolute atomic E-state index is 0.0137. The van der Waals surface area contributed by atoms with Crippen LogP contribution in [-0.2, 0) is 10.2 Å². The van der Waals surface area contributed by atoms with Crippen LogP contribution in [0.4, 0.5) is 0 Å². The van der Waals surface area contributed by atoms with Crippen LogP contribution in [-0.4, -0.2) is 24.9 Å². The van der Waals surface area contributed by atoms with Gasteiger partial charge in [0.1, 0.15) is 0 Å². The van der Waals surface area contributed by atoms with Crippen molar-refractivity contribution in [2.45, 2.75) is 39.5 Å². The second-order valence-corrected chi connectivity index (χ2v) is 5.86. The Morgan fingerprint density at radius 1 is 1.05 bits per heavy atom. The fraction of sp³-hybridized carbons (Fsp3) is 0.500. The molecule has 2 amide bonds. The molecular formula is C16H24N2O2. The Kier molecular flexibility index (Phi) is 5.74. The van der Waals surface area contributed by atoms with Gasteiger partial charge in [-0.1, -0.05) is 39.8 Å². The van der Waals surface area contributed by atoms with Gasteiger partial charge in [-0.2, -0.15) is 0 Å². The van der Waals surface area contributed by atoms with Crippen LogP contribution in [0.25, 0.3) is 0 Å². The third-order valence-electron chi connectivity index (χ3n) is 2.99. The van der Waals surface area contributed by atoms with E-state index < -0.39 is 0 Å². The lowest BCUT2D eigenvalue weighted by atomic mass is 9.87. The van der Waals surface area contributed by atoms with Crippen LogP contribution < -0.4 is 10.6 Å². The van der Waals surface area contributed by atoms with Crippen molar-refractivity contribution < 1.29 is 9.59 Å². The lowest BCUT2D eigenvalue weighted by Gasteiger charge is -2.19. The molecule has 0 heterocycles. The van der Waals surface area contributed by atoms with Gasteiger partial charge in [0, 0.05) is 12.1 Å². The summed E-state index contributed by atoms with van der Waals surface area (Å²) in [7, 11) is 0. The lowest BCUT2D eigenvalue weighted by molar-refractivity contribution is -0.120. The Morgan fingerprint density at radius 2 is 1.65 bits per heavy atom. The minimum Gasteiger partial charge on any atom is -0.355 e. The van der Waals surface area contributed by atoms with Crippen molar-refractivity contribution in [1.82, 2.24) is 10.6 Å². The standard InChI is InChI=1S/C16H24N2O2/c1-5-10-17-14(19)11-18-15(20)12-6-8-13(9-7-12)16(2,3)4/h6-9H,5,10-11H2,1-4H3,(H,17,19)(H,18,20). The van der Waals surface area contributed by atoms with Crippen molar-refractivity contribution in [1.29, 1.82) is 0 Å². The van der Waals surface area contributed by atoms with Gasteiger partial charge in [0.15, 0.2) is 0 Å². The monoisotopic (exact) mass is 276 g/mol. The van der Waals surface area contributed by atoms with E-state index in [9.17, 15) is 9.59 Å². The van der Waals surface area contributed by atoms with Crippen LogP contribution in [0.1, 0.15) is 50.0 Å². The van der Waals surface area contributed by atoms with Gasteiger partial charge in [0.2, 0.25) is 5.91 Å². The van der Waals surface area contributed by atoms with Crippen molar-refractivity contribution in [3.8, 4) is 0 Å². The highest BCUT2D eigenvalue weighted by atomic mass is 16.2. The Labute approximate surface area is 121 Å². The first kappa shape index (κ1) is 16.2. The smallest absolute Gasteiger partial charge is 0.251 e. The highest BCUT2D eigenvalue weighted by molar-refractivity contribution is 5.96. The molecule has 4 nitrogen and oxygen atoms in total. The molecule has 0 saturated heterocycles. The molecule has 1 rings (SSSR count). The largest absolute Gasteiger partial charge is 0.355 e. The van der Waals surface area contributed by atoms with Crippen LogP contribution in [0.15, 0.2) is 24.3 Å². The predicted octanol–water partition coefficient (Wildman–Crippen LogP) is 2.24. The lowest BCUT2D eigenvalue weighted by Crippen LogP contribution is -2.37. The minimum atomic E-state index is -0.225. The summed E-state index contributed by atoms with van der Waals surface area (Å²) in [4.78, 5) is 23.3. The summed E-state index contributed by atoms with van der Waals surface area (Å²) in [6.07, 6.45) is 0.883. The molecule has 1 aromatic carbocycles. The maximum Gasteiger partial charge on any atom is 0.251 e. The van der Waals surface area contributed by atoms with Crippen LogP contribution >= 0.6 is 0 Å². The summed E-state index contributed by atoms with van der Waals surface area (Å²) in [5, 5.41) is 5.33. The Balaban J connectivity index is 2.54. The predicted molar refractivity (Wildman–Crippen MR) is 80.8 cm³/mol. The molecule has 0 aromatic heterocycles. The molecule has 0 aliphatic heterocycles. The summed E-state index contributed by atoms with van der Waals surface area (Å²) >= 11 is 0. The first-order valence-electron chi connectivity index (χ1n) is 7.00. The Hall–Kier alpha value is -1.84. The highest BCUT2D eigenvalue weighted by Crippen LogP contribution is 2.22. The van der Waals surface area contributed by atoms with Crippen molar-refractivity contribution in [3.63, 3.8) is 0 Å². The van der Waals surface area contributed by atoms with Crippen LogP contribution in [0.2, 0.25) is 0 Å². The first-order valence-corrected chi connectivity index (χ1v) is 7.00. The van der Waals surface area contributed by atoms with Crippen LogP contribution in [0, 0.1) is 0 Å². The van der Waals surface area contributed by atoms with Gasteiger partial charge in [-0.05, 0) is 29.5 Å². The number of carbonyl (C=O) groups is 2. The number of hydrogen-bond donors (Lipinski definition) is 2. The van der Waals surface area contributed by atoms with E-state index >= 15 is 0 Å². The summed E-state index contributed by atoms with van der Waals surface area (Å²) in [5.74, 6) is -0.386. The molecule has 110 valence electrons. The number of benzene rings is 1. The van der Waals surface area contributed by atoms with E-state index in [0.717, 1.165) is 6.42 Å². The molecule has 4 heteroatoms. The Bertz CT molecular complexity index is 458. The molecule has 0 aliphatic carbocycles. The van der Waals surface area contributed by atoms with Crippen molar-refractivity contribution in [3.05, 3.63) is 35.4 Å². The number of rotatable bonds is 5. The number of carbonyl (C=O) groups excluding carboxylic acids is 2. The van der Waals surface area contributed by atoms with Gasteiger partial charge in [0.05, 0.1) is 6.54 Å². The number of nitrogens with one attached hydrogen (secondary N) is 2. The molecule has 0 bridgehead atoms. The van der Waals surface area contributed by atoms with E-state index in [2.05, 4.69) is 31.4 Å². The second-order valence-electron chi connectivity index (χ2n) is 5.86. The second kappa shape index (κ2) is 7.08. The maximum absolute atomic E-state index is 11.9. The third kappa shape index (κ3) is 5.03. The van der Waals surface area contributed by atoms with E-state index in [1.165, 1.54) is 5.56 Å². The molecule has 0 saturated carbocycles. The molecule has 0 aliphatic rings. The fourth-order valence-corrected chi connectivity index (χ4v) is 1.71. The van der Waals surface area contributed by atoms with E-state index in [0.29, 0.717) is 12.1 Å². The molecular weight excluding hydrogens is 252 g/mol. The molecule has 1 aromatic rings. The zero-order valence-electron chi connectivity index (χ0n) is 12.7. The van der Waals surface area contributed by atoms with E-state index in [1.807, 2.05) is 19.1 Å². The molecule has 0 fully saturated rings.